The molecule has 0 aromatic heterocycles. The van der Waals surface area contributed by atoms with Gasteiger partial charge >= 0.3 is 0 Å². The van der Waals surface area contributed by atoms with Gasteiger partial charge in [0.25, 0.3) is 5.91 Å². The van der Waals surface area contributed by atoms with E-state index in [2.05, 4.69) is 12.2 Å². The second kappa shape index (κ2) is 6.97. The quantitative estimate of drug-likeness (QED) is 0.889. The second-order valence-corrected chi connectivity index (χ2v) is 4.98. The predicted molar refractivity (Wildman–Crippen MR) is 78.2 cm³/mol. The lowest BCUT2D eigenvalue weighted by molar-refractivity contribution is 0.0948. The highest BCUT2D eigenvalue weighted by atomic mass is 19.1. The van der Waals surface area contributed by atoms with E-state index in [1.807, 2.05) is 30.3 Å². The standard InChI is InChI=1S/C17H17F2NO/c1-12(13-5-3-2-4-6-13)9-10-20-17(21)15-11-14(18)7-8-16(15)19/h2-8,11-12H,9-10H2,1H3,(H,20,21)/t12-/m1/s1. The zero-order valence-corrected chi connectivity index (χ0v) is 11.8. The smallest absolute Gasteiger partial charge is 0.254 e. The number of hydrogen-bond acceptors (Lipinski definition) is 1. The fraction of sp³-hybridized carbons (Fsp3) is 0.235. The molecule has 0 radical (unpaired) electrons. The van der Waals surface area contributed by atoms with Crippen LogP contribution in [0.25, 0.3) is 0 Å². The summed E-state index contributed by atoms with van der Waals surface area (Å²) in [4.78, 5) is 11.8. The molecule has 0 aliphatic carbocycles. The van der Waals surface area contributed by atoms with Gasteiger partial charge in [-0.1, -0.05) is 37.3 Å². The Balaban J connectivity index is 1.88. The van der Waals surface area contributed by atoms with E-state index in [1.54, 1.807) is 0 Å². The third-order valence-electron chi connectivity index (χ3n) is 3.40. The predicted octanol–water partition coefficient (Wildman–Crippen LogP) is 3.89. The van der Waals surface area contributed by atoms with E-state index in [1.165, 1.54) is 5.56 Å². The summed E-state index contributed by atoms with van der Waals surface area (Å²) in [6, 6.07) is 12.8. The molecule has 110 valence electrons. The molecule has 0 aliphatic rings. The average Bonchev–Trinajstić information content (AvgIpc) is 2.50. The van der Waals surface area contributed by atoms with Crippen molar-refractivity contribution in [2.45, 2.75) is 19.3 Å². The largest absolute Gasteiger partial charge is 0.352 e. The molecule has 2 aromatic rings. The van der Waals surface area contributed by atoms with Crippen LogP contribution in [-0.4, -0.2) is 12.5 Å². The third kappa shape index (κ3) is 4.12. The molecule has 2 aromatic carbocycles. The maximum atomic E-state index is 13.4. The first-order valence-corrected chi connectivity index (χ1v) is 6.86. The van der Waals surface area contributed by atoms with Crippen LogP contribution in [0.3, 0.4) is 0 Å². The van der Waals surface area contributed by atoms with E-state index in [0.29, 0.717) is 6.54 Å². The number of benzene rings is 2. The summed E-state index contributed by atoms with van der Waals surface area (Å²) in [6.45, 7) is 2.47. The first-order chi connectivity index (χ1) is 10.1. The lowest BCUT2D eigenvalue weighted by atomic mass is 9.98. The number of hydrogen-bond donors (Lipinski definition) is 1. The van der Waals surface area contributed by atoms with Crippen LogP contribution >= 0.6 is 0 Å². The summed E-state index contributed by atoms with van der Waals surface area (Å²) >= 11 is 0. The number of halogens is 2. The molecule has 0 unspecified atom stereocenters. The monoisotopic (exact) mass is 289 g/mol. The average molecular weight is 289 g/mol. The van der Waals surface area contributed by atoms with Crippen molar-refractivity contribution < 1.29 is 13.6 Å². The van der Waals surface area contributed by atoms with Crippen LogP contribution in [-0.2, 0) is 0 Å². The molecular weight excluding hydrogens is 272 g/mol. The Morgan fingerprint density at radius 3 is 2.57 bits per heavy atom. The lowest BCUT2D eigenvalue weighted by Crippen LogP contribution is -2.26. The highest BCUT2D eigenvalue weighted by Crippen LogP contribution is 2.17. The van der Waals surface area contributed by atoms with Crippen LogP contribution in [0, 0.1) is 11.6 Å². The molecule has 2 rings (SSSR count). The summed E-state index contributed by atoms with van der Waals surface area (Å²) in [5.41, 5.74) is 0.922. The van der Waals surface area contributed by atoms with Crippen molar-refractivity contribution in [3.8, 4) is 0 Å². The molecule has 0 spiro atoms. The Bertz CT molecular complexity index is 613. The van der Waals surface area contributed by atoms with E-state index in [-0.39, 0.29) is 11.5 Å². The Hall–Kier alpha value is -2.23. The van der Waals surface area contributed by atoms with E-state index >= 15 is 0 Å². The minimum absolute atomic E-state index is 0.262. The summed E-state index contributed by atoms with van der Waals surface area (Å²) in [7, 11) is 0. The molecule has 2 nitrogen and oxygen atoms in total. The van der Waals surface area contributed by atoms with Gasteiger partial charge in [-0.25, -0.2) is 8.78 Å². The minimum Gasteiger partial charge on any atom is -0.352 e. The normalized spacial score (nSPS) is 12.0. The van der Waals surface area contributed by atoms with Crippen molar-refractivity contribution in [1.82, 2.24) is 5.32 Å². The van der Waals surface area contributed by atoms with Crippen molar-refractivity contribution in [3.63, 3.8) is 0 Å². The zero-order chi connectivity index (χ0) is 15.2. The molecule has 0 saturated carbocycles. The Morgan fingerprint density at radius 2 is 1.86 bits per heavy atom. The molecule has 0 saturated heterocycles. The Labute approximate surface area is 122 Å². The molecule has 1 atom stereocenters. The summed E-state index contributed by atoms with van der Waals surface area (Å²) in [5.74, 6) is -1.65. The number of rotatable bonds is 5. The number of carbonyl (C=O) groups is 1. The Kier molecular flexibility index (Phi) is 5.04. The van der Waals surface area contributed by atoms with Crippen LogP contribution < -0.4 is 5.32 Å². The van der Waals surface area contributed by atoms with Crippen LogP contribution in [0.2, 0.25) is 0 Å². The molecule has 21 heavy (non-hydrogen) atoms. The maximum Gasteiger partial charge on any atom is 0.254 e. The highest BCUT2D eigenvalue weighted by molar-refractivity contribution is 5.94. The number of carbonyl (C=O) groups excluding carboxylic acids is 1. The summed E-state index contributed by atoms with van der Waals surface area (Å²) in [5, 5.41) is 2.62. The summed E-state index contributed by atoms with van der Waals surface area (Å²) < 4.78 is 26.5. The van der Waals surface area contributed by atoms with Gasteiger partial charge in [0, 0.05) is 6.54 Å². The summed E-state index contributed by atoms with van der Waals surface area (Å²) in [6.07, 6.45) is 0.729. The van der Waals surface area contributed by atoms with E-state index in [4.69, 9.17) is 0 Å². The van der Waals surface area contributed by atoms with E-state index < -0.39 is 17.5 Å². The van der Waals surface area contributed by atoms with Crippen molar-refractivity contribution in [2.75, 3.05) is 6.54 Å². The number of amides is 1. The minimum atomic E-state index is -0.718. The highest BCUT2D eigenvalue weighted by Gasteiger charge is 2.13. The molecule has 1 amide bonds. The van der Waals surface area contributed by atoms with Crippen molar-refractivity contribution >= 4 is 5.91 Å². The third-order valence-corrected chi connectivity index (χ3v) is 3.40. The Morgan fingerprint density at radius 1 is 1.14 bits per heavy atom. The lowest BCUT2D eigenvalue weighted by Gasteiger charge is -2.12. The molecular formula is C17H17F2NO. The molecule has 0 bridgehead atoms. The first kappa shape index (κ1) is 15.2. The van der Waals surface area contributed by atoms with Gasteiger partial charge in [-0.3, -0.25) is 4.79 Å². The molecule has 0 heterocycles. The van der Waals surface area contributed by atoms with Crippen molar-refractivity contribution in [1.29, 1.82) is 0 Å². The van der Waals surface area contributed by atoms with Gasteiger partial charge in [-0.15, -0.1) is 0 Å². The van der Waals surface area contributed by atoms with Crippen molar-refractivity contribution in [2.24, 2.45) is 0 Å². The van der Waals surface area contributed by atoms with Crippen molar-refractivity contribution in [3.05, 3.63) is 71.3 Å². The zero-order valence-electron chi connectivity index (χ0n) is 11.8. The molecule has 1 N–H and O–H groups in total. The number of nitrogens with one attached hydrogen (secondary N) is 1. The second-order valence-electron chi connectivity index (χ2n) is 4.98. The van der Waals surface area contributed by atoms with Gasteiger partial charge < -0.3 is 5.32 Å². The van der Waals surface area contributed by atoms with Gasteiger partial charge in [0.1, 0.15) is 11.6 Å². The van der Waals surface area contributed by atoms with Gasteiger partial charge in [-0.2, -0.15) is 0 Å². The maximum absolute atomic E-state index is 13.4. The fourth-order valence-electron chi connectivity index (χ4n) is 2.12. The molecule has 0 fully saturated rings. The van der Waals surface area contributed by atoms with Crippen LogP contribution in [0.4, 0.5) is 8.78 Å². The molecule has 4 heteroatoms. The SMILES string of the molecule is C[C@H](CCNC(=O)c1cc(F)ccc1F)c1ccccc1. The van der Waals surface area contributed by atoms with Crippen LogP contribution in [0.5, 0.6) is 0 Å². The topological polar surface area (TPSA) is 29.1 Å². The fourth-order valence-corrected chi connectivity index (χ4v) is 2.12. The van der Waals surface area contributed by atoms with Gasteiger partial charge in [-0.05, 0) is 36.1 Å². The van der Waals surface area contributed by atoms with Gasteiger partial charge in [0.2, 0.25) is 0 Å². The van der Waals surface area contributed by atoms with Gasteiger partial charge in [0.05, 0.1) is 5.56 Å². The van der Waals surface area contributed by atoms with Crippen LogP contribution in [0.1, 0.15) is 35.2 Å². The van der Waals surface area contributed by atoms with Gasteiger partial charge in [0.15, 0.2) is 0 Å². The van der Waals surface area contributed by atoms with E-state index in [9.17, 15) is 13.6 Å². The first-order valence-electron chi connectivity index (χ1n) is 6.86. The van der Waals surface area contributed by atoms with Crippen LogP contribution in [0.15, 0.2) is 48.5 Å². The van der Waals surface area contributed by atoms with E-state index in [0.717, 1.165) is 24.6 Å². The molecule has 0 aliphatic heterocycles.